The molecule has 1 aromatic carbocycles. The summed E-state index contributed by atoms with van der Waals surface area (Å²) in [6.07, 6.45) is 3.94. The topological polar surface area (TPSA) is 60.5 Å². The maximum atomic E-state index is 12.3. The largest absolute Gasteiger partial charge is 0.379 e. The summed E-state index contributed by atoms with van der Waals surface area (Å²) in [5.74, 6) is -0.129. The van der Waals surface area contributed by atoms with Crippen LogP contribution in [0.15, 0.2) is 54.9 Å². The van der Waals surface area contributed by atoms with Crippen LogP contribution in [0.5, 0.6) is 0 Å². The fourth-order valence-electron chi connectivity index (χ4n) is 2.58. The zero-order valence-corrected chi connectivity index (χ0v) is 12.9. The Morgan fingerprint density at radius 3 is 2.78 bits per heavy atom. The number of ether oxygens (including phenoxy) is 2. The molecule has 0 radical (unpaired) electrons. The summed E-state index contributed by atoms with van der Waals surface area (Å²) in [4.78, 5) is 16.2. The van der Waals surface area contributed by atoms with Crippen LogP contribution >= 0.6 is 0 Å². The molecular formula is C18H20N2O3. The van der Waals surface area contributed by atoms with Crippen molar-refractivity contribution < 1.29 is 14.3 Å². The van der Waals surface area contributed by atoms with Gasteiger partial charge in [0.15, 0.2) is 0 Å². The smallest absolute Gasteiger partial charge is 0.251 e. The van der Waals surface area contributed by atoms with Crippen LogP contribution in [-0.2, 0) is 16.1 Å². The highest BCUT2D eigenvalue weighted by molar-refractivity contribution is 5.94. The van der Waals surface area contributed by atoms with Gasteiger partial charge in [-0.1, -0.05) is 30.3 Å². The molecule has 5 heteroatoms. The van der Waals surface area contributed by atoms with Crippen molar-refractivity contribution in [2.75, 3.05) is 13.2 Å². The summed E-state index contributed by atoms with van der Waals surface area (Å²) < 4.78 is 11.5. The molecule has 1 aliphatic rings. The number of hydrogen-bond donors (Lipinski definition) is 1. The third-order valence-electron chi connectivity index (χ3n) is 3.86. The molecule has 1 saturated heterocycles. The summed E-state index contributed by atoms with van der Waals surface area (Å²) in [7, 11) is 0. The van der Waals surface area contributed by atoms with Crippen molar-refractivity contribution in [3.63, 3.8) is 0 Å². The highest BCUT2D eigenvalue weighted by atomic mass is 16.5. The van der Waals surface area contributed by atoms with Crippen molar-refractivity contribution in [1.82, 2.24) is 10.3 Å². The molecule has 0 unspecified atom stereocenters. The molecule has 0 spiro atoms. The second kappa shape index (κ2) is 7.85. The summed E-state index contributed by atoms with van der Waals surface area (Å²) in [5, 5.41) is 3.00. The van der Waals surface area contributed by atoms with Crippen molar-refractivity contribution in [3.05, 3.63) is 66.0 Å². The average molecular weight is 312 g/mol. The lowest BCUT2D eigenvalue weighted by molar-refractivity contribution is -0.0605. The van der Waals surface area contributed by atoms with E-state index < -0.39 is 0 Å². The Hall–Kier alpha value is -2.24. The van der Waals surface area contributed by atoms with Gasteiger partial charge in [-0.05, 0) is 24.1 Å². The SMILES string of the molecule is O=C(N[C@@H]1COCC[C@@H]1OCc1ccccc1)c1ccncc1. The van der Waals surface area contributed by atoms with Gasteiger partial charge in [-0.2, -0.15) is 0 Å². The van der Waals surface area contributed by atoms with Gasteiger partial charge in [-0.15, -0.1) is 0 Å². The summed E-state index contributed by atoms with van der Waals surface area (Å²) >= 11 is 0. The van der Waals surface area contributed by atoms with E-state index >= 15 is 0 Å². The minimum Gasteiger partial charge on any atom is -0.379 e. The number of rotatable bonds is 5. The zero-order valence-electron chi connectivity index (χ0n) is 12.9. The van der Waals surface area contributed by atoms with Crippen LogP contribution < -0.4 is 5.32 Å². The maximum Gasteiger partial charge on any atom is 0.251 e. The Bertz CT molecular complexity index is 619. The van der Waals surface area contributed by atoms with Gasteiger partial charge in [0.25, 0.3) is 5.91 Å². The van der Waals surface area contributed by atoms with E-state index in [2.05, 4.69) is 10.3 Å². The number of hydrogen-bond acceptors (Lipinski definition) is 4. The van der Waals surface area contributed by atoms with Gasteiger partial charge in [-0.25, -0.2) is 0 Å². The van der Waals surface area contributed by atoms with E-state index in [0.29, 0.717) is 25.4 Å². The fourth-order valence-corrected chi connectivity index (χ4v) is 2.58. The molecule has 1 N–H and O–H groups in total. The van der Waals surface area contributed by atoms with Gasteiger partial charge < -0.3 is 14.8 Å². The van der Waals surface area contributed by atoms with Gasteiger partial charge in [-0.3, -0.25) is 9.78 Å². The Balaban J connectivity index is 1.59. The number of carbonyl (C=O) groups is 1. The first-order valence-corrected chi connectivity index (χ1v) is 7.77. The minimum atomic E-state index is -0.145. The van der Waals surface area contributed by atoms with Crippen molar-refractivity contribution >= 4 is 5.91 Å². The molecule has 1 amide bonds. The first-order chi connectivity index (χ1) is 11.3. The molecular weight excluding hydrogens is 292 g/mol. The lowest BCUT2D eigenvalue weighted by atomic mass is 10.1. The first-order valence-electron chi connectivity index (χ1n) is 7.77. The van der Waals surface area contributed by atoms with Crippen molar-refractivity contribution in [2.45, 2.75) is 25.2 Å². The number of benzene rings is 1. The lowest BCUT2D eigenvalue weighted by Gasteiger charge is -2.32. The Kier molecular flexibility index (Phi) is 5.34. The third kappa shape index (κ3) is 4.37. The average Bonchev–Trinajstić information content (AvgIpc) is 2.62. The Morgan fingerprint density at radius 2 is 2.00 bits per heavy atom. The first kappa shape index (κ1) is 15.6. The van der Waals surface area contributed by atoms with Crippen molar-refractivity contribution in [2.24, 2.45) is 0 Å². The van der Waals surface area contributed by atoms with E-state index in [1.165, 1.54) is 0 Å². The molecule has 120 valence electrons. The number of nitrogens with zero attached hydrogens (tertiary/aromatic N) is 1. The van der Waals surface area contributed by atoms with Gasteiger partial charge in [0.1, 0.15) is 0 Å². The number of nitrogens with one attached hydrogen (secondary N) is 1. The highest BCUT2D eigenvalue weighted by Crippen LogP contribution is 2.15. The maximum absolute atomic E-state index is 12.3. The van der Waals surface area contributed by atoms with Crippen LogP contribution in [-0.4, -0.2) is 36.3 Å². The van der Waals surface area contributed by atoms with E-state index in [1.807, 2.05) is 30.3 Å². The van der Waals surface area contributed by atoms with Crippen LogP contribution in [0, 0.1) is 0 Å². The van der Waals surface area contributed by atoms with E-state index in [9.17, 15) is 4.79 Å². The van der Waals surface area contributed by atoms with Gasteiger partial charge in [0.05, 0.1) is 25.4 Å². The van der Waals surface area contributed by atoms with Gasteiger partial charge in [0, 0.05) is 24.6 Å². The van der Waals surface area contributed by atoms with Crippen molar-refractivity contribution in [3.8, 4) is 0 Å². The van der Waals surface area contributed by atoms with Gasteiger partial charge >= 0.3 is 0 Å². The fraction of sp³-hybridized carbons (Fsp3) is 0.333. The molecule has 1 aromatic heterocycles. The molecule has 0 saturated carbocycles. The Morgan fingerprint density at radius 1 is 1.22 bits per heavy atom. The summed E-state index contributed by atoms with van der Waals surface area (Å²) in [6.45, 7) is 1.66. The van der Waals surface area contributed by atoms with Gasteiger partial charge in [0.2, 0.25) is 0 Å². The third-order valence-corrected chi connectivity index (χ3v) is 3.86. The molecule has 1 aliphatic heterocycles. The standard InChI is InChI=1S/C18H20N2O3/c21-18(15-6-9-19-10-7-15)20-16-13-22-11-8-17(16)23-12-14-4-2-1-3-5-14/h1-7,9-10,16-17H,8,11-13H2,(H,20,21)/t16-,17+/m1/s1. The lowest BCUT2D eigenvalue weighted by Crippen LogP contribution is -2.50. The molecule has 2 heterocycles. The number of aromatic nitrogens is 1. The molecule has 3 rings (SSSR count). The molecule has 0 aliphatic carbocycles. The molecule has 2 atom stereocenters. The second-order valence-corrected chi connectivity index (χ2v) is 5.51. The Labute approximate surface area is 135 Å². The van der Waals surface area contributed by atoms with Crippen LogP contribution in [0.25, 0.3) is 0 Å². The van der Waals surface area contributed by atoms with E-state index in [0.717, 1.165) is 12.0 Å². The highest BCUT2D eigenvalue weighted by Gasteiger charge is 2.28. The normalized spacial score (nSPS) is 20.9. The predicted octanol–water partition coefficient (Wildman–Crippen LogP) is 2.19. The van der Waals surface area contributed by atoms with Crippen LogP contribution in [0.2, 0.25) is 0 Å². The zero-order chi connectivity index (χ0) is 15.9. The number of amides is 1. The predicted molar refractivity (Wildman–Crippen MR) is 85.9 cm³/mol. The number of carbonyl (C=O) groups excluding carboxylic acids is 1. The minimum absolute atomic E-state index is 0.0465. The second-order valence-electron chi connectivity index (χ2n) is 5.51. The summed E-state index contributed by atoms with van der Waals surface area (Å²) in [6, 6.07) is 13.3. The van der Waals surface area contributed by atoms with E-state index in [1.54, 1.807) is 24.5 Å². The molecule has 1 fully saturated rings. The van der Waals surface area contributed by atoms with Crippen LogP contribution in [0.4, 0.5) is 0 Å². The molecule has 2 aromatic rings. The molecule has 0 bridgehead atoms. The van der Waals surface area contributed by atoms with Crippen molar-refractivity contribution in [1.29, 1.82) is 0 Å². The molecule has 5 nitrogen and oxygen atoms in total. The molecule has 23 heavy (non-hydrogen) atoms. The quantitative estimate of drug-likeness (QED) is 0.919. The van der Waals surface area contributed by atoms with E-state index in [-0.39, 0.29) is 18.1 Å². The number of pyridine rings is 1. The van der Waals surface area contributed by atoms with Crippen LogP contribution in [0.3, 0.4) is 0 Å². The summed E-state index contributed by atoms with van der Waals surface area (Å²) in [5.41, 5.74) is 1.71. The van der Waals surface area contributed by atoms with E-state index in [4.69, 9.17) is 9.47 Å². The monoisotopic (exact) mass is 312 g/mol. The van der Waals surface area contributed by atoms with Crippen LogP contribution in [0.1, 0.15) is 22.3 Å².